The van der Waals surface area contributed by atoms with E-state index in [2.05, 4.69) is 97.8 Å². The molecule has 0 fully saturated rings. The van der Waals surface area contributed by atoms with E-state index in [1.165, 1.54) is 21.8 Å². The van der Waals surface area contributed by atoms with Crippen LogP contribution in [0.25, 0.3) is 66.0 Å². The van der Waals surface area contributed by atoms with E-state index in [-0.39, 0.29) is 0 Å². The summed E-state index contributed by atoms with van der Waals surface area (Å²) in [6.07, 6.45) is 5.63. The SMILES string of the molecule is c1ccc(-n2c3ccccc3c3ccc4c(c5cnccc5n5c6cccnc6nc45)c32)cc1. The lowest BCUT2D eigenvalue weighted by Gasteiger charge is -2.13. The van der Waals surface area contributed by atoms with Crippen molar-refractivity contribution in [1.29, 1.82) is 0 Å². The maximum Gasteiger partial charge on any atom is 0.178 e. The summed E-state index contributed by atoms with van der Waals surface area (Å²) in [6.45, 7) is 0. The van der Waals surface area contributed by atoms with Crippen molar-refractivity contribution >= 4 is 60.3 Å². The lowest BCUT2D eigenvalue weighted by Crippen LogP contribution is -1.97. The van der Waals surface area contributed by atoms with E-state index in [9.17, 15) is 0 Å². The van der Waals surface area contributed by atoms with Crippen molar-refractivity contribution < 1.29 is 0 Å². The molecular formula is C29H17N5. The van der Waals surface area contributed by atoms with Gasteiger partial charge in [0, 0.05) is 51.2 Å². The minimum atomic E-state index is 0.747. The summed E-state index contributed by atoms with van der Waals surface area (Å²) in [5, 5.41) is 5.79. The van der Waals surface area contributed by atoms with Crippen LogP contribution in [0.3, 0.4) is 0 Å². The zero-order valence-corrected chi connectivity index (χ0v) is 18.1. The Morgan fingerprint density at radius 3 is 2.35 bits per heavy atom. The van der Waals surface area contributed by atoms with E-state index in [1.807, 2.05) is 18.5 Å². The smallest absolute Gasteiger partial charge is 0.178 e. The molecule has 0 unspecified atom stereocenters. The van der Waals surface area contributed by atoms with E-state index in [0.717, 1.165) is 44.2 Å². The first kappa shape index (κ1) is 17.7. The molecule has 5 aromatic heterocycles. The van der Waals surface area contributed by atoms with Crippen LogP contribution in [-0.4, -0.2) is 23.9 Å². The number of hydrogen-bond donors (Lipinski definition) is 0. The fraction of sp³-hybridized carbons (Fsp3) is 0. The van der Waals surface area contributed by atoms with Gasteiger partial charge in [0.25, 0.3) is 0 Å². The predicted octanol–water partition coefficient (Wildman–Crippen LogP) is 6.68. The quantitative estimate of drug-likeness (QED) is 0.270. The van der Waals surface area contributed by atoms with Gasteiger partial charge in [0.1, 0.15) is 5.65 Å². The van der Waals surface area contributed by atoms with E-state index in [1.54, 1.807) is 6.20 Å². The van der Waals surface area contributed by atoms with Gasteiger partial charge in [-0.25, -0.2) is 9.97 Å². The number of aromatic nitrogens is 5. The molecule has 0 saturated heterocycles. The van der Waals surface area contributed by atoms with E-state index in [4.69, 9.17) is 4.98 Å². The normalized spacial score (nSPS) is 12.1. The minimum absolute atomic E-state index is 0.747. The van der Waals surface area contributed by atoms with Gasteiger partial charge in [0.2, 0.25) is 0 Å². The van der Waals surface area contributed by atoms with Crippen LogP contribution in [0.4, 0.5) is 0 Å². The molecule has 34 heavy (non-hydrogen) atoms. The van der Waals surface area contributed by atoms with Crippen molar-refractivity contribution in [3.05, 3.63) is 104 Å². The number of hydrogen-bond acceptors (Lipinski definition) is 3. The van der Waals surface area contributed by atoms with Crippen molar-refractivity contribution in [1.82, 2.24) is 23.9 Å². The Hall–Kier alpha value is -4.77. The maximum atomic E-state index is 4.98. The van der Waals surface area contributed by atoms with Crippen LogP contribution in [0.2, 0.25) is 0 Å². The fourth-order valence-electron chi connectivity index (χ4n) is 5.47. The molecule has 0 radical (unpaired) electrons. The highest BCUT2D eigenvalue weighted by Crippen LogP contribution is 2.41. The van der Waals surface area contributed by atoms with E-state index in [0.29, 0.717) is 0 Å². The lowest BCUT2D eigenvalue weighted by atomic mass is 10.0. The first-order chi connectivity index (χ1) is 16.9. The summed E-state index contributed by atoms with van der Waals surface area (Å²) in [5.41, 5.74) is 7.22. The summed E-state index contributed by atoms with van der Waals surface area (Å²) in [6, 6.07) is 29.7. The van der Waals surface area contributed by atoms with Gasteiger partial charge >= 0.3 is 0 Å². The molecule has 0 aliphatic carbocycles. The lowest BCUT2D eigenvalue weighted by molar-refractivity contribution is 1.19. The van der Waals surface area contributed by atoms with Crippen LogP contribution in [-0.2, 0) is 0 Å². The average molecular weight is 435 g/mol. The Balaban J connectivity index is 1.73. The molecule has 3 aromatic carbocycles. The Morgan fingerprint density at radius 2 is 1.41 bits per heavy atom. The number of rotatable bonds is 1. The number of nitrogens with zero attached hydrogens (tertiary/aromatic N) is 5. The maximum absolute atomic E-state index is 4.98. The molecule has 0 aliphatic rings. The fourth-order valence-corrected chi connectivity index (χ4v) is 5.47. The van der Waals surface area contributed by atoms with Gasteiger partial charge in [0.15, 0.2) is 5.65 Å². The highest BCUT2D eigenvalue weighted by molar-refractivity contribution is 6.27. The monoisotopic (exact) mass is 435 g/mol. The van der Waals surface area contributed by atoms with Crippen molar-refractivity contribution in [3.63, 3.8) is 0 Å². The largest absolute Gasteiger partial charge is 0.309 e. The van der Waals surface area contributed by atoms with Gasteiger partial charge in [-0.15, -0.1) is 0 Å². The second-order valence-corrected chi connectivity index (χ2v) is 8.58. The molecular weight excluding hydrogens is 418 g/mol. The summed E-state index contributed by atoms with van der Waals surface area (Å²) in [5.74, 6) is 0. The first-order valence-electron chi connectivity index (χ1n) is 11.3. The van der Waals surface area contributed by atoms with Crippen LogP contribution >= 0.6 is 0 Å². The number of pyridine rings is 3. The van der Waals surface area contributed by atoms with Crippen molar-refractivity contribution in [2.45, 2.75) is 0 Å². The van der Waals surface area contributed by atoms with Crippen molar-refractivity contribution in [3.8, 4) is 5.69 Å². The van der Waals surface area contributed by atoms with Gasteiger partial charge in [-0.3, -0.25) is 9.38 Å². The molecule has 0 atom stereocenters. The van der Waals surface area contributed by atoms with Crippen LogP contribution < -0.4 is 0 Å². The number of benzene rings is 3. The Morgan fingerprint density at radius 1 is 0.588 bits per heavy atom. The summed E-state index contributed by atoms with van der Waals surface area (Å²) >= 11 is 0. The molecule has 0 saturated carbocycles. The molecule has 0 bridgehead atoms. The first-order valence-corrected chi connectivity index (χ1v) is 11.3. The molecule has 5 heterocycles. The van der Waals surface area contributed by atoms with Gasteiger partial charge in [0.05, 0.1) is 22.1 Å². The summed E-state index contributed by atoms with van der Waals surface area (Å²) < 4.78 is 4.58. The van der Waals surface area contributed by atoms with Crippen LogP contribution in [0.15, 0.2) is 104 Å². The molecule has 5 heteroatoms. The minimum Gasteiger partial charge on any atom is -0.309 e. The Kier molecular flexibility index (Phi) is 3.34. The Labute approximate surface area is 193 Å². The molecule has 0 amide bonds. The third-order valence-electron chi connectivity index (χ3n) is 6.83. The van der Waals surface area contributed by atoms with Gasteiger partial charge in [-0.2, -0.15) is 0 Å². The zero-order valence-electron chi connectivity index (χ0n) is 18.1. The van der Waals surface area contributed by atoms with E-state index < -0.39 is 0 Å². The molecule has 8 rings (SSSR count). The zero-order chi connectivity index (χ0) is 22.2. The van der Waals surface area contributed by atoms with Crippen LogP contribution in [0.1, 0.15) is 0 Å². The highest BCUT2D eigenvalue weighted by Gasteiger charge is 2.20. The number of fused-ring (bicyclic) bond motifs is 12. The van der Waals surface area contributed by atoms with Gasteiger partial charge in [-0.1, -0.05) is 42.5 Å². The predicted molar refractivity (Wildman–Crippen MR) is 138 cm³/mol. The van der Waals surface area contributed by atoms with Gasteiger partial charge in [-0.05, 0) is 42.5 Å². The highest BCUT2D eigenvalue weighted by atomic mass is 15.1. The standard InChI is InChI=1S/C29H17N5/c1-2-7-18(8-3-1)33-23-10-5-4-9-19(23)20-12-13-21-26(27(20)33)22-17-30-16-14-24(22)34-25-11-6-15-31-28(25)32-29(21)34/h1-17H. The van der Waals surface area contributed by atoms with Crippen molar-refractivity contribution in [2.24, 2.45) is 0 Å². The third-order valence-corrected chi connectivity index (χ3v) is 6.83. The van der Waals surface area contributed by atoms with Gasteiger partial charge < -0.3 is 4.57 Å². The molecule has 0 aliphatic heterocycles. The summed E-state index contributed by atoms with van der Waals surface area (Å²) in [7, 11) is 0. The molecule has 5 nitrogen and oxygen atoms in total. The second-order valence-electron chi connectivity index (χ2n) is 8.58. The summed E-state index contributed by atoms with van der Waals surface area (Å²) in [4.78, 5) is 14.1. The molecule has 158 valence electrons. The van der Waals surface area contributed by atoms with Crippen LogP contribution in [0, 0.1) is 0 Å². The molecule has 8 aromatic rings. The Bertz CT molecular complexity index is 2070. The van der Waals surface area contributed by atoms with Crippen LogP contribution in [0.5, 0.6) is 0 Å². The number of para-hydroxylation sites is 2. The van der Waals surface area contributed by atoms with Crippen molar-refractivity contribution in [2.75, 3.05) is 0 Å². The average Bonchev–Trinajstić information content (AvgIpc) is 3.46. The molecule has 0 spiro atoms. The second kappa shape index (κ2) is 6.39. The number of imidazole rings is 1. The van der Waals surface area contributed by atoms with E-state index >= 15 is 0 Å². The molecule has 0 N–H and O–H groups in total. The third kappa shape index (κ3) is 2.16. The topological polar surface area (TPSA) is 48.0 Å².